The Morgan fingerprint density at radius 1 is 0.464 bits per heavy atom. The lowest BCUT2D eigenvalue weighted by Gasteiger charge is -2.39. The van der Waals surface area contributed by atoms with Crippen LogP contribution in [0.15, 0.2) is 36.5 Å². The Kier molecular flexibility index (Phi) is 48.7. The van der Waals surface area contributed by atoms with Crippen molar-refractivity contribution in [3.05, 3.63) is 36.5 Å². The predicted molar refractivity (Wildman–Crippen MR) is 288 cm³/mol. The number of carbonyl (C=O) groups excluding carboxylic acids is 1. The van der Waals surface area contributed by atoms with Crippen LogP contribution in [-0.4, -0.2) is 89.6 Å². The third-order valence-corrected chi connectivity index (χ3v) is 13.8. The van der Waals surface area contributed by atoms with Crippen LogP contribution in [0.4, 0.5) is 0 Å². The van der Waals surface area contributed by atoms with Gasteiger partial charge in [-0.1, -0.05) is 256 Å². The normalized spacial score (nSPS) is 19.2. The summed E-state index contributed by atoms with van der Waals surface area (Å²) in [6.45, 7) is 4.59. The molecule has 4 N–H and O–H groups in total. The summed E-state index contributed by atoms with van der Waals surface area (Å²) in [5, 5.41) is 40.4. The van der Waals surface area contributed by atoms with Crippen molar-refractivity contribution < 1.29 is 44.2 Å². The van der Waals surface area contributed by atoms with Crippen LogP contribution in [0.5, 0.6) is 0 Å². The molecular weight excluding hydrogens is 865 g/mol. The molecule has 0 spiro atoms. The molecule has 0 aromatic rings. The fourth-order valence-corrected chi connectivity index (χ4v) is 9.21. The molecular formula is C60H112O9. The van der Waals surface area contributed by atoms with Gasteiger partial charge in [-0.15, -0.1) is 0 Å². The van der Waals surface area contributed by atoms with E-state index in [0.717, 1.165) is 44.9 Å². The molecule has 0 amide bonds. The van der Waals surface area contributed by atoms with Crippen molar-refractivity contribution in [2.45, 2.75) is 314 Å². The molecule has 0 aliphatic carbocycles. The second-order valence-electron chi connectivity index (χ2n) is 20.5. The number of ether oxygens (including phenoxy) is 4. The van der Waals surface area contributed by atoms with Gasteiger partial charge in [0.05, 0.1) is 19.8 Å². The zero-order chi connectivity index (χ0) is 49.9. The minimum Gasteiger partial charge on any atom is -0.457 e. The van der Waals surface area contributed by atoms with Crippen LogP contribution < -0.4 is 0 Å². The first-order valence-corrected chi connectivity index (χ1v) is 29.6. The Bertz CT molecular complexity index is 1160. The van der Waals surface area contributed by atoms with Crippen LogP contribution >= 0.6 is 0 Å². The van der Waals surface area contributed by atoms with Gasteiger partial charge in [-0.2, -0.15) is 0 Å². The molecule has 1 saturated heterocycles. The number of rotatable bonds is 52. The highest BCUT2D eigenvalue weighted by atomic mass is 16.7. The lowest BCUT2D eigenvalue weighted by molar-refractivity contribution is -0.305. The van der Waals surface area contributed by atoms with Gasteiger partial charge in [-0.3, -0.25) is 4.79 Å². The number of unbranched alkanes of at least 4 members (excludes halogenated alkanes) is 35. The van der Waals surface area contributed by atoms with Gasteiger partial charge in [0.15, 0.2) is 6.29 Å². The fourth-order valence-electron chi connectivity index (χ4n) is 9.21. The molecule has 69 heavy (non-hydrogen) atoms. The second-order valence-corrected chi connectivity index (χ2v) is 20.5. The van der Waals surface area contributed by atoms with Gasteiger partial charge in [0.1, 0.15) is 30.5 Å². The Morgan fingerprint density at radius 2 is 0.841 bits per heavy atom. The van der Waals surface area contributed by atoms with Crippen LogP contribution in [0.2, 0.25) is 0 Å². The van der Waals surface area contributed by atoms with Crippen molar-refractivity contribution in [1.82, 2.24) is 0 Å². The van der Waals surface area contributed by atoms with Gasteiger partial charge in [0.25, 0.3) is 0 Å². The molecule has 0 radical (unpaired) electrons. The molecule has 0 bridgehead atoms. The Labute approximate surface area is 425 Å². The fraction of sp³-hybridized carbons (Fsp3) is 0.883. The van der Waals surface area contributed by atoms with Gasteiger partial charge in [0.2, 0.25) is 0 Å². The maximum atomic E-state index is 12.9. The van der Waals surface area contributed by atoms with Crippen molar-refractivity contribution in [2.75, 3.05) is 26.4 Å². The van der Waals surface area contributed by atoms with Gasteiger partial charge in [-0.05, 0) is 51.4 Å². The van der Waals surface area contributed by atoms with E-state index in [0.29, 0.717) is 13.0 Å². The molecule has 6 atom stereocenters. The van der Waals surface area contributed by atoms with E-state index >= 15 is 0 Å². The minimum absolute atomic E-state index is 0.112. The van der Waals surface area contributed by atoms with Gasteiger partial charge < -0.3 is 39.4 Å². The molecule has 0 aromatic heterocycles. The minimum atomic E-state index is -1.54. The largest absolute Gasteiger partial charge is 0.457 e. The van der Waals surface area contributed by atoms with E-state index in [1.54, 1.807) is 0 Å². The van der Waals surface area contributed by atoms with Crippen molar-refractivity contribution in [3.63, 3.8) is 0 Å². The summed E-state index contributed by atoms with van der Waals surface area (Å²) >= 11 is 0. The predicted octanol–water partition coefficient (Wildman–Crippen LogP) is 15.4. The maximum absolute atomic E-state index is 12.9. The SMILES string of the molecule is CCCCCCC/C=C\C/C=C\C/C=C\CCCCCCCCCCCOCC(COC1OC(CO)C(O)C(O)C1O)OC(=O)CCCCCCCCCCCCCCCCCCCCCCCC. The molecule has 6 unspecified atom stereocenters. The lowest BCUT2D eigenvalue weighted by atomic mass is 9.99. The summed E-state index contributed by atoms with van der Waals surface area (Å²) in [7, 11) is 0. The molecule has 9 nitrogen and oxygen atoms in total. The number of esters is 1. The van der Waals surface area contributed by atoms with E-state index in [1.165, 1.54) is 212 Å². The first-order valence-electron chi connectivity index (χ1n) is 29.6. The zero-order valence-corrected chi connectivity index (χ0v) is 45.1. The van der Waals surface area contributed by atoms with Crippen molar-refractivity contribution >= 4 is 5.97 Å². The van der Waals surface area contributed by atoms with Gasteiger partial charge in [0, 0.05) is 13.0 Å². The first kappa shape index (κ1) is 65.4. The zero-order valence-electron chi connectivity index (χ0n) is 45.1. The van der Waals surface area contributed by atoms with Crippen molar-refractivity contribution in [1.29, 1.82) is 0 Å². The molecule has 1 aliphatic rings. The molecule has 0 aromatic carbocycles. The molecule has 1 heterocycles. The highest BCUT2D eigenvalue weighted by molar-refractivity contribution is 5.69. The van der Waals surface area contributed by atoms with E-state index in [4.69, 9.17) is 18.9 Å². The summed E-state index contributed by atoms with van der Waals surface area (Å²) < 4.78 is 23.0. The number of hydrogen-bond acceptors (Lipinski definition) is 9. The number of carbonyl (C=O) groups is 1. The van der Waals surface area contributed by atoms with E-state index < -0.39 is 43.4 Å². The smallest absolute Gasteiger partial charge is 0.306 e. The summed E-state index contributed by atoms with van der Waals surface area (Å²) in [6.07, 6.45) is 57.6. The third kappa shape index (κ3) is 41.6. The molecule has 406 valence electrons. The van der Waals surface area contributed by atoms with E-state index in [-0.39, 0.29) is 19.2 Å². The van der Waals surface area contributed by atoms with Gasteiger partial charge >= 0.3 is 5.97 Å². The summed E-state index contributed by atoms with van der Waals surface area (Å²) in [6, 6.07) is 0. The van der Waals surface area contributed by atoms with Crippen LogP contribution in [-0.2, 0) is 23.7 Å². The van der Waals surface area contributed by atoms with Crippen LogP contribution in [0.1, 0.15) is 277 Å². The van der Waals surface area contributed by atoms with E-state index in [9.17, 15) is 25.2 Å². The molecule has 9 heteroatoms. The Hall–Kier alpha value is -1.59. The summed E-state index contributed by atoms with van der Waals surface area (Å²) in [5.41, 5.74) is 0. The van der Waals surface area contributed by atoms with Crippen LogP contribution in [0.25, 0.3) is 0 Å². The monoisotopic (exact) mass is 977 g/mol. The second kappa shape index (κ2) is 51.3. The highest BCUT2D eigenvalue weighted by Gasteiger charge is 2.44. The van der Waals surface area contributed by atoms with Crippen molar-refractivity contribution in [2.24, 2.45) is 0 Å². The maximum Gasteiger partial charge on any atom is 0.306 e. The highest BCUT2D eigenvalue weighted by Crippen LogP contribution is 2.23. The molecule has 1 fully saturated rings. The Morgan fingerprint density at radius 3 is 1.26 bits per heavy atom. The number of hydrogen-bond donors (Lipinski definition) is 4. The van der Waals surface area contributed by atoms with E-state index in [1.807, 2.05) is 0 Å². The average molecular weight is 978 g/mol. The number of allylic oxidation sites excluding steroid dienone is 6. The quantitative estimate of drug-likeness (QED) is 0.0267. The number of aliphatic hydroxyl groups is 4. The third-order valence-electron chi connectivity index (χ3n) is 13.8. The Balaban J connectivity index is 2.15. The summed E-state index contributed by atoms with van der Waals surface area (Å²) in [5.74, 6) is -0.309. The summed E-state index contributed by atoms with van der Waals surface area (Å²) in [4.78, 5) is 12.9. The molecule has 1 rings (SSSR count). The topological polar surface area (TPSA) is 135 Å². The van der Waals surface area contributed by atoms with Crippen LogP contribution in [0, 0.1) is 0 Å². The van der Waals surface area contributed by atoms with Crippen LogP contribution in [0.3, 0.4) is 0 Å². The molecule has 0 saturated carbocycles. The lowest BCUT2D eigenvalue weighted by Crippen LogP contribution is -2.59. The number of aliphatic hydroxyl groups excluding tert-OH is 4. The standard InChI is InChI=1S/C60H112O9/c1-3-5-7-9-11-13-15-17-19-21-23-25-27-28-30-32-34-36-38-40-42-44-46-48-50-66-52-54(53-67-60-59(65)58(64)57(63)55(51-61)69-60)68-56(62)49-47-45-43-41-39-37-35-33-31-29-26-24-22-20-18-16-14-12-10-8-6-4-2/h15,17,21,23,27-28,54-55,57-61,63-65H,3-14,16,18-20,22,24-26,29-53H2,1-2H3/b17-15-,23-21-,28-27-. The average Bonchev–Trinajstić information content (AvgIpc) is 3.35. The van der Waals surface area contributed by atoms with Gasteiger partial charge in [-0.25, -0.2) is 0 Å². The van der Waals surface area contributed by atoms with E-state index in [2.05, 4.69) is 50.3 Å². The molecule has 1 aliphatic heterocycles. The first-order chi connectivity index (χ1) is 33.9. The van der Waals surface area contributed by atoms with Crippen molar-refractivity contribution in [3.8, 4) is 0 Å².